The average molecular weight is 634 g/mol. The highest BCUT2D eigenvalue weighted by molar-refractivity contribution is 6.13. The summed E-state index contributed by atoms with van der Waals surface area (Å²) in [5, 5.41) is 5.47. The molecule has 44 heavy (non-hydrogen) atoms. The zero-order valence-corrected chi connectivity index (χ0v) is 26.1. The SMILES string of the molecule is CCCNC(=O)CCOCCOCCOCCOCCOCCOCCOCCOCCNC(=O)CCN1C(=O)C=CC1=O. The standard InChI is InChI=1S/C29H51N3O12/c1-2-7-30-27(34)6-10-37-12-14-39-16-18-41-20-22-43-24-25-44-23-21-42-19-17-40-15-13-38-11-8-31-26(33)5-9-32-28(35)3-4-29(32)36/h3-4H,2,5-25H2,1H3,(H,30,34)(H,31,33). The molecular formula is C29H51N3O12. The highest BCUT2D eigenvalue weighted by atomic mass is 16.6. The molecule has 0 fully saturated rings. The van der Waals surface area contributed by atoms with E-state index in [2.05, 4.69) is 10.6 Å². The van der Waals surface area contributed by atoms with Crippen molar-refractivity contribution in [1.29, 1.82) is 0 Å². The van der Waals surface area contributed by atoms with E-state index in [0.717, 1.165) is 11.3 Å². The molecule has 254 valence electrons. The summed E-state index contributed by atoms with van der Waals surface area (Å²) < 4.78 is 43.3. The van der Waals surface area contributed by atoms with Crippen LogP contribution in [0, 0.1) is 0 Å². The van der Waals surface area contributed by atoms with Crippen molar-refractivity contribution >= 4 is 23.6 Å². The Balaban J connectivity index is 1.68. The molecule has 0 atom stereocenters. The molecule has 0 saturated heterocycles. The molecule has 1 rings (SSSR count). The molecule has 2 N–H and O–H groups in total. The fourth-order valence-electron chi connectivity index (χ4n) is 3.37. The van der Waals surface area contributed by atoms with E-state index in [1.807, 2.05) is 6.92 Å². The molecule has 1 aliphatic rings. The first-order valence-corrected chi connectivity index (χ1v) is 15.2. The lowest BCUT2D eigenvalue weighted by Gasteiger charge is -2.13. The number of carbonyl (C=O) groups is 4. The van der Waals surface area contributed by atoms with Gasteiger partial charge in [0.15, 0.2) is 0 Å². The summed E-state index contributed by atoms with van der Waals surface area (Å²) in [5.74, 6) is -1.04. The molecule has 15 nitrogen and oxygen atoms in total. The molecule has 4 amide bonds. The second kappa shape index (κ2) is 29.2. The van der Waals surface area contributed by atoms with Crippen LogP contribution in [-0.4, -0.2) is 154 Å². The van der Waals surface area contributed by atoms with Crippen LogP contribution in [0.15, 0.2) is 12.2 Å². The van der Waals surface area contributed by atoms with Crippen molar-refractivity contribution < 1.29 is 57.1 Å². The molecule has 0 radical (unpaired) electrons. The number of nitrogens with one attached hydrogen (secondary N) is 2. The fourth-order valence-corrected chi connectivity index (χ4v) is 3.37. The minimum atomic E-state index is -0.398. The lowest BCUT2D eigenvalue weighted by atomic mass is 10.3. The predicted octanol–water partition coefficient (Wildman–Crippen LogP) is -0.533. The summed E-state index contributed by atoms with van der Waals surface area (Å²) in [7, 11) is 0. The highest BCUT2D eigenvalue weighted by Gasteiger charge is 2.23. The molecule has 0 aromatic rings. The molecule has 0 aromatic carbocycles. The molecule has 0 spiro atoms. The topological polar surface area (TPSA) is 169 Å². The smallest absolute Gasteiger partial charge is 0.253 e. The number of amides is 4. The van der Waals surface area contributed by atoms with E-state index in [4.69, 9.17) is 37.9 Å². The van der Waals surface area contributed by atoms with E-state index in [9.17, 15) is 19.2 Å². The van der Waals surface area contributed by atoms with Crippen molar-refractivity contribution in [3.8, 4) is 0 Å². The molecule has 0 aliphatic carbocycles. The molecule has 0 saturated carbocycles. The zero-order chi connectivity index (χ0) is 31.9. The normalized spacial score (nSPS) is 12.8. The predicted molar refractivity (Wildman–Crippen MR) is 158 cm³/mol. The van der Waals surface area contributed by atoms with E-state index in [0.29, 0.717) is 125 Å². The van der Waals surface area contributed by atoms with E-state index < -0.39 is 11.8 Å². The van der Waals surface area contributed by atoms with Crippen molar-refractivity contribution in [2.45, 2.75) is 26.2 Å². The Kier molecular flexibility index (Phi) is 26.3. The van der Waals surface area contributed by atoms with Crippen molar-refractivity contribution in [2.24, 2.45) is 0 Å². The third-order valence-electron chi connectivity index (χ3n) is 5.68. The van der Waals surface area contributed by atoms with Gasteiger partial charge in [0.05, 0.1) is 106 Å². The van der Waals surface area contributed by atoms with Crippen LogP contribution in [0.1, 0.15) is 26.2 Å². The van der Waals surface area contributed by atoms with Gasteiger partial charge in [0.25, 0.3) is 11.8 Å². The lowest BCUT2D eigenvalue weighted by molar-refractivity contribution is -0.137. The number of carbonyl (C=O) groups excluding carboxylic acids is 4. The quantitative estimate of drug-likeness (QED) is 0.0718. The van der Waals surface area contributed by atoms with Gasteiger partial charge in [0.2, 0.25) is 11.8 Å². The Morgan fingerprint density at radius 3 is 1.27 bits per heavy atom. The maximum Gasteiger partial charge on any atom is 0.253 e. The Bertz CT molecular complexity index is 782. The van der Waals surface area contributed by atoms with Crippen LogP contribution in [0.25, 0.3) is 0 Å². The van der Waals surface area contributed by atoms with Gasteiger partial charge in [-0.25, -0.2) is 0 Å². The molecule has 15 heteroatoms. The number of ether oxygens (including phenoxy) is 8. The van der Waals surface area contributed by atoms with E-state index in [-0.39, 0.29) is 24.8 Å². The van der Waals surface area contributed by atoms with Crippen LogP contribution in [0.2, 0.25) is 0 Å². The molecule has 0 bridgehead atoms. The first-order valence-electron chi connectivity index (χ1n) is 15.2. The number of hydrogen-bond donors (Lipinski definition) is 2. The minimum absolute atomic E-state index is 0.00694. The maximum atomic E-state index is 11.8. The van der Waals surface area contributed by atoms with Gasteiger partial charge in [0.1, 0.15) is 0 Å². The van der Waals surface area contributed by atoms with E-state index in [1.165, 1.54) is 12.2 Å². The molecule has 1 heterocycles. The van der Waals surface area contributed by atoms with Crippen LogP contribution < -0.4 is 10.6 Å². The maximum absolute atomic E-state index is 11.8. The Morgan fingerprint density at radius 2 is 0.864 bits per heavy atom. The summed E-state index contributed by atoms with van der Waals surface area (Å²) in [6, 6.07) is 0. The third-order valence-corrected chi connectivity index (χ3v) is 5.68. The van der Waals surface area contributed by atoms with Gasteiger partial charge in [-0.05, 0) is 6.42 Å². The first-order chi connectivity index (χ1) is 21.5. The van der Waals surface area contributed by atoms with Gasteiger partial charge in [0, 0.05) is 44.6 Å². The van der Waals surface area contributed by atoms with Crippen LogP contribution in [0.5, 0.6) is 0 Å². The van der Waals surface area contributed by atoms with Gasteiger partial charge < -0.3 is 48.5 Å². The van der Waals surface area contributed by atoms with Gasteiger partial charge in [-0.3, -0.25) is 24.1 Å². The first kappa shape index (κ1) is 39.5. The van der Waals surface area contributed by atoms with Gasteiger partial charge in [-0.15, -0.1) is 0 Å². The summed E-state index contributed by atoms with van der Waals surface area (Å²) in [6.45, 7) is 10.1. The van der Waals surface area contributed by atoms with Crippen LogP contribution in [0.4, 0.5) is 0 Å². The van der Waals surface area contributed by atoms with Crippen molar-refractivity contribution in [3.05, 3.63) is 12.2 Å². The second-order valence-corrected chi connectivity index (χ2v) is 9.26. The molecule has 0 unspecified atom stereocenters. The summed E-state index contributed by atoms with van der Waals surface area (Å²) >= 11 is 0. The van der Waals surface area contributed by atoms with Crippen molar-refractivity contribution in [2.75, 3.05) is 125 Å². The molecular weight excluding hydrogens is 582 g/mol. The van der Waals surface area contributed by atoms with E-state index in [1.54, 1.807) is 0 Å². The Morgan fingerprint density at radius 1 is 0.523 bits per heavy atom. The number of rotatable bonds is 32. The largest absolute Gasteiger partial charge is 0.379 e. The van der Waals surface area contributed by atoms with Crippen LogP contribution in [0.3, 0.4) is 0 Å². The number of imide groups is 1. The summed E-state index contributed by atoms with van der Waals surface area (Å²) in [5.41, 5.74) is 0. The molecule has 1 aliphatic heterocycles. The average Bonchev–Trinajstić information content (AvgIpc) is 3.34. The number of hydrogen-bond acceptors (Lipinski definition) is 12. The second-order valence-electron chi connectivity index (χ2n) is 9.26. The summed E-state index contributed by atoms with van der Waals surface area (Å²) in [6.07, 6.45) is 3.72. The molecule has 0 aromatic heterocycles. The third kappa shape index (κ3) is 23.9. The zero-order valence-electron chi connectivity index (χ0n) is 26.1. The number of nitrogens with zero attached hydrogens (tertiary/aromatic N) is 1. The fraction of sp³-hybridized carbons (Fsp3) is 0.793. The van der Waals surface area contributed by atoms with E-state index >= 15 is 0 Å². The highest BCUT2D eigenvalue weighted by Crippen LogP contribution is 2.03. The van der Waals surface area contributed by atoms with Gasteiger partial charge in [-0.2, -0.15) is 0 Å². The summed E-state index contributed by atoms with van der Waals surface area (Å²) in [4.78, 5) is 47.1. The Labute approximate surface area is 260 Å². The monoisotopic (exact) mass is 633 g/mol. The van der Waals surface area contributed by atoms with Gasteiger partial charge >= 0.3 is 0 Å². The Hall–Kier alpha value is -2.50. The van der Waals surface area contributed by atoms with Crippen molar-refractivity contribution in [3.63, 3.8) is 0 Å². The van der Waals surface area contributed by atoms with Gasteiger partial charge in [-0.1, -0.05) is 6.92 Å². The van der Waals surface area contributed by atoms with Crippen LogP contribution in [-0.2, 0) is 57.1 Å². The van der Waals surface area contributed by atoms with Crippen LogP contribution >= 0.6 is 0 Å². The minimum Gasteiger partial charge on any atom is -0.379 e. The lowest BCUT2D eigenvalue weighted by Crippen LogP contribution is -2.35. The van der Waals surface area contributed by atoms with Crippen molar-refractivity contribution in [1.82, 2.24) is 15.5 Å².